The van der Waals surface area contributed by atoms with Gasteiger partial charge in [0.25, 0.3) is 0 Å². The summed E-state index contributed by atoms with van der Waals surface area (Å²) in [6, 6.07) is 7.48. The lowest BCUT2D eigenvalue weighted by Gasteiger charge is -2.10. The number of aryl methyl sites for hydroxylation is 1. The van der Waals surface area contributed by atoms with Crippen LogP contribution in [0.2, 0.25) is 0 Å². The molecule has 1 heterocycles. The zero-order valence-electron chi connectivity index (χ0n) is 12.6. The summed E-state index contributed by atoms with van der Waals surface area (Å²) in [5.74, 6) is 0.120. The third-order valence-corrected chi connectivity index (χ3v) is 4.31. The summed E-state index contributed by atoms with van der Waals surface area (Å²) in [5.41, 5.74) is 6.37. The van der Waals surface area contributed by atoms with E-state index in [2.05, 4.69) is 10.9 Å². The summed E-state index contributed by atoms with van der Waals surface area (Å²) >= 11 is 0. The molecular weight excluding hydrogens is 280 g/mol. The maximum atomic E-state index is 12.2. The number of para-hydroxylation sites is 1. The number of furan rings is 1. The van der Waals surface area contributed by atoms with Crippen molar-refractivity contribution in [1.29, 1.82) is 0 Å². The molecule has 1 aliphatic rings. The largest absolute Gasteiger partial charge is 0.451 e. The van der Waals surface area contributed by atoms with E-state index < -0.39 is 5.91 Å². The molecular formula is C17H20N2O3. The Morgan fingerprint density at radius 3 is 2.64 bits per heavy atom. The van der Waals surface area contributed by atoms with E-state index in [1.165, 1.54) is 12.8 Å². The van der Waals surface area contributed by atoms with Gasteiger partial charge in [-0.1, -0.05) is 31.0 Å². The molecule has 0 atom stereocenters. The standard InChI is InChI=1S/C17H20N2O3/c1-11-13-8-4-5-9-14(13)22-16(11)17(21)19-18-15(20)10-12-6-2-3-7-12/h4-5,8-9,12H,2-3,6-7,10H2,1H3,(H,18,20)(H,19,21). The first kappa shape index (κ1) is 14.6. The number of rotatable bonds is 3. The highest BCUT2D eigenvalue weighted by Gasteiger charge is 2.20. The van der Waals surface area contributed by atoms with Gasteiger partial charge in [-0.15, -0.1) is 0 Å². The van der Waals surface area contributed by atoms with Crippen LogP contribution >= 0.6 is 0 Å². The predicted molar refractivity (Wildman–Crippen MR) is 83.1 cm³/mol. The first-order valence-electron chi connectivity index (χ1n) is 7.72. The van der Waals surface area contributed by atoms with Gasteiger partial charge in [-0.05, 0) is 31.7 Å². The average molecular weight is 300 g/mol. The molecule has 0 spiro atoms. The maximum absolute atomic E-state index is 12.2. The minimum atomic E-state index is -0.423. The number of hydrogen-bond donors (Lipinski definition) is 2. The van der Waals surface area contributed by atoms with Crippen LogP contribution in [0.5, 0.6) is 0 Å². The Kier molecular flexibility index (Phi) is 4.13. The normalized spacial score (nSPS) is 15.1. The molecule has 2 amide bonds. The number of carbonyl (C=O) groups excluding carboxylic acids is 2. The second-order valence-corrected chi connectivity index (χ2v) is 5.91. The molecule has 1 aliphatic carbocycles. The number of fused-ring (bicyclic) bond motifs is 1. The van der Waals surface area contributed by atoms with Crippen LogP contribution in [0.3, 0.4) is 0 Å². The van der Waals surface area contributed by atoms with E-state index in [1.807, 2.05) is 31.2 Å². The minimum Gasteiger partial charge on any atom is -0.451 e. The van der Waals surface area contributed by atoms with Crippen molar-refractivity contribution in [2.24, 2.45) is 5.92 Å². The fraction of sp³-hybridized carbons (Fsp3) is 0.412. The molecule has 0 unspecified atom stereocenters. The van der Waals surface area contributed by atoms with Crippen molar-refractivity contribution >= 4 is 22.8 Å². The Morgan fingerprint density at radius 2 is 1.91 bits per heavy atom. The molecule has 0 radical (unpaired) electrons. The maximum Gasteiger partial charge on any atom is 0.305 e. The summed E-state index contributed by atoms with van der Waals surface area (Å²) in [4.78, 5) is 24.0. The van der Waals surface area contributed by atoms with Crippen LogP contribution in [-0.2, 0) is 4.79 Å². The van der Waals surface area contributed by atoms with Crippen molar-refractivity contribution < 1.29 is 14.0 Å². The Balaban J connectivity index is 1.61. The highest BCUT2D eigenvalue weighted by molar-refractivity contribution is 5.99. The van der Waals surface area contributed by atoms with Gasteiger partial charge in [0.05, 0.1) is 0 Å². The van der Waals surface area contributed by atoms with Crippen molar-refractivity contribution in [2.45, 2.75) is 39.0 Å². The molecule has 116 valence electrons. The summed E-state index contributed by atoms with van der Waals surface area (Å²) in [5, 5.41) is 0.907. The van der Waals surface area contributed by atoms with Crippen LogP contribution in [0.25, 0.3) is 11.0 Å². The van der Waals surface area contributed by atoms with Gasteiger partial charge in [0.1, 0.15) is 5.58 Å². The third-order valence-electron chi connectivity index (χ3n) is 4.31. The molecule has 5 nitrogen and oxygen atoms in total. The van der Waals surface area contributed by atoms with E-state index in [9.17, 15) is 9.59 Å². The van der Waals surface area contributed by atoms with E-state index in [0.29, 0.717) is 17.9 Å². The molecule has 3 rings (SSSR count). The van der Waals surface area contributed by atoms with Gasteiger partial charge in [-0.3, -0.25) is 20.4 Å². The number of carbonyl (C=O) groups is 2. The van der Waals surface area contributed by atoms with Gasteiger partial charge in [0.2, 0.25) is 5.91 Å². The van der Waals surface area contributed by atoms with Gasteiger partial charge in [-0.2, -0.15) is 0 Å². The van der Waals surface area contributed by atoms with Crippen molar-refractivity contribution in [2.75, 3.05) is 0 Å². The highest BCUT2D eigenvalue weighted by atomic mass is 16.3. The van der Waals surface area contributed by atoms with Crippen molar-refractivity contribution in [3.63, 3.8) is 0 Å². The Bertz CT molecular complexity index is 699. The second-order valence-electron chi connectivity index (χ2n) is 5.91. The average Bonchev–Trinajstić information content (AvgIpc) is 3.13. The predicted octanol–water partition coefficient (Wildman–Crippen LogP) is 3.08. The van der Waals surface area contributed by atoms with E-state index in [4.69, 9.17) is 4.42 Å². The molecule has 0 saturated heterocycles. The first-order valence-corrected chi connectivity index (χ1v) is 7.72. The quantitative estimate of drug-likeness (QED) is 0.856. The van der Waals surface area contributed by atoms with Gasteiger partial charge in [0.15, 0.2) is 5.76 Å². The Labute approximate surface area is 129 Å². The van der Waals surface area contributed by atoms with Crippen LogP contribution in [0.4, 0.5) is 0 Å². The van der Waals surface area contributed by atoms with Gasteiger partial charge in [-0.25, -0.2) is 0 Å². The van der Waals surface area contributed by atoms with Crippen molar-refractivity contribution in [1.82, 2.24) is 10.9 Å². The second kappa shape index (κ2) is 6.22. The first-order chi connectivity index (χ1) is 10.6. The number of benzene rings is 1. The smallest absolute Gasteiger partial charge is 0.305 e. The number of amides is 2. The topological polar surface area (TPSA) is 71.3 Å². The fourth-order valence-corrected chi connectivity index (χ4v) is 3.10. The number of hydrogen-bond acceptors (Lipinski definition) is 3. The number of nitrogens with one attached hydrogen (secondary N) is 2. The van der Waals surface area contributed by atoms with Gasteiger partial charge >= 0.3 is 5.91 Å². The highest BCUT2D eigenvalue weighted by Crippen LogP contribution is 2.27. The van der Waals surface area contributed by atoms with E-state index >= 15 is 0 Å². The molecule has 2 aromatic rings. The molecule has 0 bridgehead atoms. The zero-order chi connectivity index (χ0) is 15.5. The summed E-state index contributed by atoms with van der Waals surface area (Å²) in [7, 11) is 0. The SMILES string of the molecule is Cc1c(C(=O)NNC(=O)CC2CCCC2)oc2ccccc12. The van der Waals surface area contributed by atoms with E-state index in [-0.39, 0.29) is 11.7 Å². The van der Waals surface area contributed by atoms with Crippen LogP contribution in [0.15, 0.2) is 28.7 Å². The molecule has 5 heteroatoms. The van der Waals surface area contributed by atoms with Gasteiger partial charge < -0.3 is 4.42 Å². The van der Waals surface area contributed by atoms with Gasteiger partial charge in [0, 0.05) is 17.4 Å². The third kappa shape index (κ3) is 2.98. The lowest BCUT2D eigenvalue weighted by molar-refractivity contribution is -0.122. The van der Waals surface area contributed by atoms with Crippen LogP contribution < -0.4 is 10.9 Å². The zero-order valence-corrected chi connectivity index (χ0v) is 12.6. The molecule has 22 heavy (non-hydrogen) atoms. The lowest BCUT2D eigenvalue weighted by atomic mass is 10.0. The summed E-state index contributed by atoms with van der Waals surface area (Å²) < 4.78 is 5.56. The Morgan fingerprint density at radius 1 is 1.18 bits per heavy atom. The summed E-state index contributed by atoms with van der Waals surface area (Å²) in [6.45, 7) is 1.83. The molecule has 1 saturated carbocycles. The number of hydrazine groups is 1. The van der Waals surface area contributed by atoms with E-state index in [1.54, 1.807) is 0 Å². The van der Waals surface area contributed by atoms with E-state index in [0.717, 1.165) is 23.8 Å². The van der Waals surface area contributed by atoms with Crippen LogP contribution in [-0.4, -0.2) is 11.8 Å². The van der Waals surface area contributed by atoms with Crippen LogP contribution in [0, 0.1) is 12.8 Å². The lowest BCUT2D eigenvalue weighted by Crippen LogP contribution is -2.42. The van der Waals surface area contributed by atoms with Crippen LogP contribution in [0.1, 0.15) is 48.2 Å². The molecule has 1 aromatic heterocycles. The van der Waals surface area contributed by atoms with Crippen molar-refractivity contribution in [3.8, 4) is 0 Å². The van der Waals surface area contributed by atoms with Crippen molar-refractivity contribution in [3.05, 3.63) is 35.6 Å². The Hall–Kier alpha value is -2.30. The fourth-order valence-electron chi connectivity index (χ4n) is 3.10. The molecule has 0 aliphatic heterocycles. The minimum absolute atomic E-state index is 0.144. The molecule has 2 N–H and O–H groups in total. The molecule has 1 aromatic carbocycles. The monoisotopic (exact) mass is 300 g/mol. The molecule has 1 fully saturated rings. The summed E-state index contributed by atoms with van der Waals surface area (Å²) in [6.07, 6.45) is 5.07.